The SMILES string of the molecule is O=C1C(=O)N(CCCl)c2cc(F)cc(F)c21. The van der Waals surface area contributed by atoms with Crippen LogP contribution < -0.4 is 4.90 Å². The van der Waals surface area contributed by atoms with Gasteiger partial charge >= 0.3 is 0 Å². The molecule has 0 atom stereocenters. The van der Waals surface area contributed by atoms with Crippen molar-refractivity contribution in [3.8, 4) is 0 Å². The summed E-state index contributed by atoms with van der Waals surface area (Å²) in [6.45, 7) is 0.0437. The Hall–Kier alpha value is -1.49. The zero-order valence-corrected chi connectivity index (χ0v) is 8.72. The highest BCUT2D eigenvalue weighted by molar-refractivity contribution is 6.52. The quantitative estimate of drug-likeness (QED) is 0.588. The first kappa shape index (κ1) is 11.0. The van der Waals surface area contributed by atoms with Crippen molar-refractivity contribution in [2.45, 2.75) is 0 Å². The Morgan fingerprint density at radius 1 is 1.25 bits per heavy atom. The van der Waals surface area contributed by atoms with Crippen LogP contribution in [0.25, 0.3) is 0 Å². The maximum absolute atomic E-state index is 13.3. The molecule has 1 amide bonds. The molecule has 0 unspecified atom stereocenters. The Balaban J connectivity index is 2.60. The van der Waals surface area contributed by atoms with Crippen LogP contribution in [0.1, 0.15) is 10.4 Å². The number of nitrogens with zero attached hydrogens (tertiary/aromatic N) is 1. The minimum Gasteiger partial charge on any atom is -0.303 e. The molecule has 0 fully saturated rings. The van der Waals surface area contributed by atoms with E-state index in [2.05, 4.69) is 0 Å². The number of rotatable bonds is 2. The van der Waals surface area contributed by atoms with E-state index >= 15 is 0 Å². The van der Waals surface area contributed by atoms with E-state index in [9.17, 15) is 18.4 Å². The van der Waals surface area contributed by atoms with Gasteiger partial charge in [-0.3, -0.25) is 9.59 Å². The van der Waals surface area contributed by atoms with Gasteiger partial charge in [0.25, 0.3) is 11.7 Å². The van der Waals surface area contributed by atoms with Crippen molar-refractivity contribution in [1.29, 1.82) is 0 Å². The van der Waals surface area contributed by atoms with Gasteiger partial charge < -0.3 is 4.90 Å². The minimum atomic E-state index is -1.02. The lowest BCUT2D eigenvalue weighted by molar-refractivity contribution is -0.114. The van der Waals surface area contributed by atoms with Crippen LogP contribution in [0.4, 0.5) is 14.5 Å². The molecule has 0 saturated heterocycles. The Morgan fingerprint density at radius 2 is 1.94 bits per heavy atom. The molecule has 0 bridgehead atoms. The summed E-state index contributed by atoms with van der Waals surface area (Å²) < 4.78 is 26.3. The Kier molecular flexibility index (Phi) is 2.63. The molecule has 0 N–H and O–H groups in total. The van der Waals surface area contributed by atoms with Gasteiger partial charge in [0.1, 0.15) is 11.6 Å². The number of hydrogen-bond donors (Lipinski definition) is 0. The number of ketones is 1. The number of amides is 1. The molecule has 0 aromatic heterocycles. The number of halogens is 3. The Bertz CT molecular complexity index is 490. The smallest absolute Gasteiger partial charge is 0.299 e. The van der Waals surface area contributed by atoms with Crippen LogP contribution >= 0.6 is 11.6 Å². The first-order valence-electron chi connectivity index (χ1n) is 4.47. The first-order valence-corrected chi connectivity index (χ1v) is 5.01. The van der Waals surface area contributed by atoms with Crippen LogP contribution in [0, 0.1) is 11.6 Å². The van der Waals surface area contributed by atoms with E-state index in [0.29, 0.717) is 6.07 Å². The lowest BCUT2D eigenvalue weighted by Crippen LogP contribution is -2.31. The maximum atomic E-state index is 13.3. The minimum absolute atomic E-state index is 0.0437. The van der Waals surface area contributed by atoms with E-state index in [1.165, 1.54) is 0 Å². The predicted octanol–water partition coefficient (Wildman–Crippen LogP) is 1.73. The van der Waals surface area contributed by atoms with Gasteiger partial charge in [-0.2, -0.15) is 0 Å². The van der Waals surface area contributed by atoms with E-state index in [0.717, 1.165) is 11.0 Å². The maximum Gasteiger partial charge on any atom is 0.299 e. The van der Waals surface area contributed by atoms with Crippen molar-refractivity contribution < 1.29 is 18.4 Å². The molecular formula is C10H6ClF2NO2. The fourth-order valence-corrected chi connectivity index (χ4v) is 1.81. The molecule has 0 aliphatic carbocycles. The second-order valence-corrected chi connectivity index (χ2v) is 3.63. The topological polar surface area (TPSA) is 37.4 Å². The summed E-state index contributed by atoms with van der Waals surface area (Å²) in [5.41, 5.74) is -0.426. The number of Topliss-reactive ketones (excluding diaryl/α,β-unsaturated/α-hetero) is 1. The summed E-state index contributed by atoms with van der Waals surface area (Å²) in [6.07, 6.45) is 0. The standard InChI is InChI=1S/C10H6ClF2NO2/c11-1-2-14-7-4-5(12)3-6(13)8(7)9(15)10(14)16/h3-4H,1-2H2. The second kappa shape index (κ2) is 3.83. The van der Waals surface area contributed by atoms with Crippen LogP contribution in [0.15, 0.2) is 12.1 Å². The average Bonchev–Trinajstić information content (AvgIpc) is 2.44. The highest BCUT2D eigenvalue weighted by Crippen LogP contribution is 2.31. The third kappa shape index (κ3) is 1.48. The number of alkyl halides is 1. The zero-order chi connectivity index (χ0) is 11.9. The van der Waals surface area contributed by atoms with Crippen LogP contribution in [-0.4, -0.2) is 24.1 Å². The van der Waals surface area contributed by atoms with Crippen LogP contribution in [0.5, 0.6) is 0 Å². The molecule has 1 heterocycles. The molecule has 1 aliphatic rings. The molecule has 2 rings (SSSR count). The summed E-state index contributed by atoms with van der Waals surface area (Å²) in [7, 11) is 0. The van der Waals surface area contributed by atoms with Crippen molar-refractivity contribution in [1.82, 2.24) is 0 Å². The van der Waals surface area contributed by atoms with Gasteiger partial charge in [-0.05, 0) is 6.07 Å². The highest BCUT2D eigenvalue weighted by atomic mass is 35.5. The van der Waals surface area contributed by atoms with E-state index in [1.807, 2.05) is 0 Å². The first-order chi connectivity index (χ1) is 7.56. The Morgan fingerprint density at radius 3 is 2.56 bits per heavy atom. The van der Waals surface area contributed by atoms with E-state index in [1.54, 1.807) is 0 Å². The average molecular weight is 246 g/mol. The fourth-order valence-electron chi connectivity index (χ4n) is 1.64. The fraction of sp³-hybridized carbons (Fsp3) is 0.200. The lowest BCUT2D eigenvalue weighted by Gasteiger charge is -2.14. The number of anilines is 1. The molecule has 0 radical (unpaired) electrons. The summed E-state index contributed by atoms with van der Waals surface area (Å²) in [5.74, 6) is -3.61. The number of carbonyl (C=O) groups excluding carboxylic acids is 2. The molecule has 6 heteroatoms. The summed E-state index contributed by atoms with van der Waals surface area (Å²) in [6, 6.07) is 1.53. The summed E-state index contributed by atoms with van der Waals surface area (Å²) in [5, 5.41) is 0. The van der Waals surface area contributed by atoms with Crippen molar-refractivity contribution in [2.75, 3.05) is 17.3 Å². The molecule has 16 heavy (non-hydrogen) atoms. The normalized spacial score (nSPS) is 14.6. The molecule has 0 spiro atoms. The largest absolute Gasteiger partial charge is 0.303 e. The van der Waals surface area contributed by atoms with Crippen LogP contribution in [-0.2, 0) is 4.79 Å². The molecule has 1 aromatic carbocycles. The second-order valence-electron chi connectivity index (χ2n) is 3.26. The molecule has 3 nitrogen and oxygen atoms in total. The van der Waals surface area contributed by atoms with E-state index < -0.39 is 23.3 Å². The van der Waals surface area contributed by atoms with Gasteiger partial charge in [-0.15, -0.1) is 11.6 Å². The van der Waals surface area contributed by atoms with Gasteiger partial charge in [-0.1, -0.05) is 0 Å². The third-order valence-electron chi connectivity index (χ3n) is 2.30. The number of fused-ring (bicyclic) bond motifs is 1. The van der Waals surface area contributed by atoms with Gasteiger partial charge in [0.15, 0.2) is 0 Å². The molecule has 84 valence electrons. The van der Waals surface area contributed by atoms with Crippen molar-refractivity contribution in [2.24, 2.45) is 0 Å². The lowest BCUT2D eigenvalue weighted by atomic mass is 10.1. The van der Waals surface area contributed by atoms with Crippen LogP contribution in [0.3, 0.4) is 0 Å². The van der Waals surface area contributed by atoms with Gasteiger partial charge in [0.05, 0.1) is 11.3 Å². The summed E-state index contributed by atoms with van der Waals surface area (Å²) in [4.78, 5) is 23.8. The van der Waals surface area contributed by atoms with Crippen LogP contribution in [0.2, 0.25) is 0 Å². The number of hydrogen-bond acceptors (Lipinski definition) is 2. The highest BCUT2D eigenvalue weighted by Gasteiger charge is 2.38. The molecule has 0 saturated carbocycles. The van der Waals surface area contributed by atoms with Gasteiger partial charge in [-0.25, -0.2) is 8.78 Å². The molecule has 1 aliphatic heterocycles. The van der Waals surface area contributed by atoms with Crippen molar-refractivity contribution in [3.05, 3.63) is 29.3 Å². The van der Waals surface area contributed by atoms with Crippen molar-refractivity contribution in [3.63, 3.8) is 0 Å². The van der Waals surface area contributed by atoms with Crippen molar-refractivity contribution >= 4 is 29.0 Å². The van der Waals surface area contributed by atoms with E-state index in [4.69, 9.17) is 11.6 Å². The third-order valence-corrected chi connectivity index (χ3v) is 2.47. The number of carbonyl (C=O) groups is 2. The van der Waals surface area contributed by atoms with Gasteiger partial charge in [0, 0.05) is 18.5 Å². The molecular weight excluding hydrogens is 240 g/mol. The predicted molar refractivity (Wildman–Crippen MR) is 53.8 cm³/mol. The number of benzene rings is 1. The van der Waals surface area contributed by atoms with E-state index in [-0.39, 0.29) is 23.7 Å². The molecule has 1 aromatic rings. The monoisotopic (exact) mass is 245 g/mol. The summed E-state index contributed by atoms with van der Waals surface area (Å²) >= 11 is 5.45. The van der Waals surface area contributed by atoms with Gasteiger partial charge in [0.2, 0.25) is 0 Å². The zero-order valence-electron chi connectivity index (χ0n) is 7.97. The Labute approximate surface area is 94.6 Å².